The molecular formula is C19H29FN2O2S. The fourth-order valence-corrected chi connectivity index (χ4v) is 5.38. The van der Waals surface area contributed by atoms with Crippen molar-refractivity contribution in [3.63, 3.8) is 0 Å². The van der Waals surface area contributed by atoms with Crippen LogP contribution in [0, 0.1) is 18.7 Å². The molecule has 2 saturated heterocycles. The van der Waals surface area contributed by atoms with E-state index >= 15 is 0 Å². The molecule has 2 aliphatic rings. The van der Waals surface area contributed by atoms with Crippen molar-refractivity contribution in [2.45, 2.75) is 50.3 Å². The molecular weight excluding hydrogens is 339 g/mol. The van der Waals surface area contributed by atoms with Gasteiger partial charge in [-0.25, -0.2) is 12.8 Å². The maximum absolute atomic E-state index is 13.7. The second-order valence-corrected chi connectivity index (χ2v) is 9.41. The van der Waals surface area contributed by atoms with Crippen LogP contribution < -0.4 is 0 Å². The minimum absolute atomic E-state index is 0.0709. The lowest BCUT2D eigenvalue weighted by atomic mass is 9.97. The van der Waals surface area contributed by atoms with Crippen LogP contribution in [0.4, 0.5) is 4.39 Å². The summed E-state index contributed by atoms with van der Waals surface area (Å²) < 4.78 is 40.8. The number of rotatable bonds is 4. The Balaban J connectivity index is 1.58. The summed E-state index contributed by atoms with van der Waals surface area (Å²) in [6.45, 7) is 6.17. The van der Waals surface area contributed by atoms with Gasteiger partial charge in [0.25, 0.3) is 0 Å². The molecule has 25 heavy (non-hydrogen) atoms. The topological polar surface area (TPSA) is 40.6 Å². The Bertz CT molecular complexity index is 677. The van der Waals surface area contributed by atoms with E-state index in [2.05, 4.69) is 4.90 Å². The SMILES string of the molecule is Cc1ccc(S(=O)(=O)N2CCC(CN3CCCCCC3)CC2)cc1F. The maximum Gasteiger partial charge on any atom is 0.243 e. The summed E-state index contributed by atoms with van der Waals surface area (Å²) in [5.41, 5.74) is 0.468. The van der Waals surface area contributed by atoms with Gasteiger partial charge in [-0.1, -0.05) is 18.9 Å². The van der Waals surface area contributed by atoms with Gasteiger partial charge in [-0.3, -0.25) is 0 Å². The molecule has 1 aromatic rings. The molecule has 0 bridgehead atoms. The first-order chi connectivity index (χ1) is 12.0. The third-order valence-corrected chi connectivity index (χ3v) is 7.46. The summed E-state index contributed by atoms with van der Waals surface area (Å²) in [5, 5.41) is 0. The van der Waals surface area contributed by atoms with Gasteiger partial charge < -0.3 is 4.90 Å². The van der Waals surface area contributed by atoms with Crippen LogP contribution in [0.15, 0.2) is 23.1 Å². The highest BCUT2D eigenvalue weighted by Crippen LogP contribution is 2.26. The van der Waals surface area contributed by atoms with Crippen molar-refractivity contribution in [2.24, 2.45) is 5.92 Å². The van der Waals surface area contributed by atoms with Gasteiger partial charge in [0.2, 0.25) is 10.0 Å². The highest BCUT2D eigenvalue weighted by molar-refractivity contribution is 7.89. The summed E-state index contributed by atoms with van der Waals surface area (Å²) in [6.07, 6.45) is 7.02. The zero-order valence-electron chi connectivity index (χ0n) is 15.1. The van der Waals surface area contributed by atoms with Crippen molar-refractivity contribution in [2.75, 3.05) is 32.7 Å². The van der Waals surface area contributed by atoms with Crippen LogP contribution in [0.25, 0.3) is 0 Å². The number of hydrogen-bond acceptors (Lipinski definition) is 3. The average molecular weight is 369 g/mol. The zero-order chi connectivity index (χ0) is 17.9. The van der Waals surface area contributed by atoms with Gasteiger partial charge in [0, 0.05) is 19.6 Å². The van der Waals surface area contributed by atoms with E-state index in [0.717, 1.165) is 25.5 Å². The number of halogens is 1. The molecule has 2 heterocycles. The van der Waals surface area contributed by atoms with Gasteiger partial charge >= 0.3 is 0 Å². The van der Waals surface area contributed by atoms with E-state index in [1.54, 1.807) is 6.92 Å². The lowest BCUT2D eigenvalue weighted by Gasteiger charge is -2.34. The van der Waals surface area contributed by atoms with Crippen molar-refractivity contribution in [1.29, 1.82) is 0 Å². The first-order valence-electron chi connectivity index (χ1n) is 9.45. The molecule has 2 aliphatic heterocycles. The summed E-state index contributed by atoms with van der Waals surface area (Å²) in [7, 11) is -3.58. The van der Waals surface area contributed by atoms with Crippen molar-refractivity contribution < 1.29 is 12.8 Å². The predicted octanol–water partition coefficient (Wildman–Crippen LogP) is 3.41. The number of likely N-dealkylation sites (tertiary alicyclic amines) is 1. The Morgan fingerprint density at radius 3 is 2.28 bits per heavy atom. The number of hydrogen-bond donors (Lipinski definition) is 0. The van der Waals surface area contributed by atoms with Crippen molar-refractivity contribution >= 4 is 10.0 Å². The fraction of sp³-hybridized carbons (Fsp3) is 0.684. The summed E-state index contributed by atoms with van der Waals surface area (Å²) in [4.78, 5) is 2.62. The van der Waals surface area contributed by atoms with E-state index in [0.29, 0.717) is 24.6 Å². The van der Waals surface area contributed by atoms with Gasteiger partial charge in [0.1, 0.15) is 5.82 Å². The summed E-state index contributed by atoms with van der Waals surface area (Å²) >= 11 is 0. The predicted molar refractivity (Wildman–Crippen MR) is 97.5 cm³/mol. The van der Waals surface area contributed by atoms with E-state index in [-0.39, 0.29) is 4.90 Å². The average Bonchev–Trinajstić information content (AvgIpc) is 2.86. The van der Waals surface area contributed by atoms with E-state index in [1.807, 2.05) is 0 Å². The van der Waals surface area contributed by atoms with Crippen LogP contribution in [-0.4, -0.2) is 50.3 Å². The third kappa shape index (κ3) is 4.60. The largest absolute Gasteiger partial charge is 0.303 e. The number of nitrogens with zero attached hydrogens (tertiary/aromatic N) is 2. The van der Waals surface area contributed by atoms with Crippen LogP contribution in [-0.2, 0) is 10.0 Å². The van der Waals surface area contributed by atoms with Crippen LogP contribution >= 0.6 is 0 Å². The minimum Gasteiger partial charge on any atom is -0.303 e. The number of piperidine rings is 1. The highest BCUT2D eigenvalue weighted by atomic mass is 32.2. The summed E-state index contributed by atoms with van der Waals surface area (Å²) in [5.74, 6) is 0.108. The first-order valence-corrected chi connectivity index (χ1v) is 10.9. The second-order valence-electron chi connectivity index (χ2n) is 7.47. The van der Waals surface area contributed by atoms with Crippen LogP contribution in [0.1, 0.15) is 44.1 Å². The quantitative estimate of drug-likeness (QED) is 0.818. The van der Waals surface area contributed by atoms with Gasteiger partial charge in [-0.05, 0) is 69.3 Å². The fourth-order valence-electron chi connectivity index (χ4n) is 3.90. The second kappa shape index (κ2) is 8.14. The van der Waals surface area contributed by atoms with Crippen LogP contribution in [0.2, 0.25) is 0 Å². The molecule has 6 heteroatoms. The van der Waals surface area contributed by atoms with Crippen LogP contribution in [0.3, 0.4) is 0 Å². The Kier molecular flexibility index (Phi) is 6.12. The Morgan fingerprint density at radius 2 is 1.68 bits per heavy atom. The molecule has 0 atom stereocenters. The summed E-state index contributed by atoms with van der Waals surface area (Å²) in [6, 6.07) is 4.19. The molecule has 0 N–H and O–H groups in total. The molecule has 140 valence electrons. The number of benzene rings is 1. The number of sulfonamides is 1. The molecule has 0 radical (unpaired) electrons. The van der Waals surface area contributed by atoms with E-state index < -0.39 is 15.8 Å². The van der Waals surface area contributed by atoms with Gasteiger partial charge in [-0.2, -0.15) is 4.31 Å². The monoisotopic (exact) mass is 368 g/mol. The van der Waals surface area contributed by atoms with Gasteiger partial charge in [-0.15, -0.1) is 0 Å². The maximum atomic E-state index is 13.7. The van der Waals surface area contributed by atoms with E-state index in [4.69, 9.17) is 0 Å². The molecule has 4 nitrogen and oxygen atoms in total. The zero-order valence-corrected chi connectivity index (χ0v) is 15.9. The third-order valence-electron chi connectivity index (χ3n) is 5.57. The van der Waals surface area contributed by atoms with E-state index in [1.165, 1.54) is 55.2 Å². The molecule has 0 amide bonds. The number of aryl methyl sites for hydroxylation is 1. The Hall–Kier alpha value is -0.980. The lowest BCUT2D eigenvalue weighted by Crippen LogP contribution is -2.41. The molecule has 0 aromatic heterocycles. The van der Waals surface area contributed by atoms with E-state index in [9.17, 15) is 12.8 Å². The molecule has 0 saturated carbocycles. The van der Waals surface area contributed by atoms with Crippen LogP contribution in [0.5, 0.6) is 0 Å². The van der Waals surface area contributed by atoms with Crippen molar-refractivity contribution in [3.8, 4) is 0 Å². The van der Waals surface area contributed by atoms with Crippen molar-refractivity contribution in [3.05, 3.63) is 29.6 Å². The first kappa shape index (κ1) is 18.8. The molecule has 1 aromatic carbocycles. The normalized spacial score (nSPS) is 22.0. The molecule has 0 aliphatic carbocycles. The standard InChI is InChI=1S/C19H29FN2O2S/c1-16-6-7-18(14-19(16)20)25(23,24)22-12-8-17(9-13-22)15-21-10-4-2-3-5-11-21/h6-7,14,17H,2-5,8-13,15H2,1H3. The van der Waals surface area contributed by atoms with Gasteiger partial charge in [0.05, 0.1) is 4.90 Å². The van der Waals surface area contributed by atoms with Crippen molar-refractivity contribution in [1.82, 2.24) is 9.21 Å². The molecule has 3 rings (SSSR count). The molecule has 0 unspecified atom stereocenters. The lowest BCUT2D eigenvalue weighted by molar-refractivity contribution is 0.186. The van der Waals surface area contributed by atoms with Gasteiger partial charge in [0.15, 0.2) is 0 Å². The molecule has 2 fully saturated rings. The smallest absolute Gasteiger partial charge is 0.243 e. The highest BCUT2D eigenvalue weighted by Gasteiger charge is 2.30. The molecule has 0 spiro atoms. The Labute approximate surface area is 151 Å². The Morgan fingerprint density at radius 1 is 1.04 bits per heavy atom. The minimum atomic E-state index is -3.58.